The van der Waals surface area contributed by atoms with E-state index in [9.17, 15) is 21.0 Å². The largest absolute Gasteiger partial charge is 0.309 e. The monoisotopic (exact) mass is 1880 g/mol. The highest BCUT2D eigenvalue weighted by Crippen LogP contribution is 2.39. The van der Waals surface area contributed by atoms with Crippen LogP contribution < -0.4 is 62.2 Å². The van der Waals surface area contributed by atoms with Gasteiger partial charge in [-0.1, -0.05) is 400 Å². The van der Waals surface area contributed by atoms with Crippen LogP contribution in [0.5, 0.6) is 0 Å². The van der Waals surface area contributed by atoms with Gasteiger partial charge in [0.25, 0.3) is 0 Å². The van der Waals surface area contributed by atoms with Gasteiger partial charge in [0.05, 0.1) is 92.8 Å². The topological polar surface area (TPSA) is 119 Å². The van der Waals surface area contributed by atoms with Gasteiger partial charge in [0.1, 0.15) is 0 Å². The van der Waals surface area contributed by atoms with E-state index in [1.54, 1.807) is 0 Å². The molecule has 0 fully saturated rings. The van der Waals surface area contributed by atoms with E-state index in [0.29, 0.717) is 33.6 Å². The SMILES string of the molecule is N#Cc1cccc([Si](c2ccccc2)(c2ccccc2)c2ccc(-c3cccc(-n4c5ccccc5c5cc(C#N)ccc54)c3)cc2)c1.N#Cc1cccc([Si](c2ccccc2)(c2ccccc2)c2ccccc2-c2ccc(-n3c4ccccc4c4cc(C#N)ccc43)cc2)c1.[C-]#[N+]c1ccc([Si](c2ccccc2)(c2ccccc2)c2ccc(-c3ccc(-n4c5ccccc5c5cc([N+]#[C-])ccc54)cc3)cc2)cc1. The number of nitriles is 4. The minimum Gasteiger partial charge on any atom is -0.309 e. The van der Waals surface area contributed by atoms with Crippen LogP contribution in [0.4, 0.5) is 11.4 Å². The van der Waals surface area contributed by atoms with Gasteiger partial charge in [0, 0.05) is 44.0 Å². The van der Waals surface area contributed by atoms with Crippen LogP contribution in [0.2, 0.25) is 0 Å². The molecule has 0 bridgehead atoms. The van der Waals surface area contributed by atoms with Gasteiger partial charge in [-0.15, -0.1) is 0 Å². The number of rotatable bonds is 18. The fourth-order valence-electron chi connectivity index (χ4n) is 21.8. The fourth-order valence-corrected chi connectivity index (χ4v) is 36.3. The lowest BCUT2D eigenvalue weighted by molar-refractivity contribution is 1.18. The number of aromatic nitrogens is 3. The van der Waals surface area contributed by atoms with Crippen molar-refractivity contribution in [2.45, 2.75) is 0 Å². The Bertz CT molecular complexity index is 9110. The van der Waals surface area contributed by atoms with Crippen molar-refractivity contribution >= 4 is 163 Å². The molecule has 0 unspecified atom stereocenters. The van der Waals surface area contributed by atoms with Crippen LogP contribution in [0.3, 0.4) is 0 Å². The summed E-state index contributed by atoms with van der Waals surface area (Å²) < 4.78 is 6.85. The van der Waals surface area contributed by atoms with Gasteiger partial charge in [0.2, 0.25) is 0 Å². The number of fused-ring (bicyclic) bond motifs is 9. The van der Waals surface area contributed by atoms with Crippen LogP contribution in [0.15, 0.2) is 528 Å². The maximum Gasteiger partial charge on any atom is 0.188 e. The minimum atomic E-state index is -2.91. The quantitative estimate of drug-likeness (QED) is 0.0483. The first-order valence-corrected chi connectivity index (χ1v) is 53.9. The smallest absolute Gasteiger partial charge is 0.188 e. The second kappa shape index (κ2) is 39.2. The molecule has 144 heavy (non-hydrogen) atoms. The summed E-state index contributed by atoms with van der Waals surface area (Å²) in [6, 6.07) is 195. The minimum absolute atomic E-state index is 0.649. The van der Waals surface area contributed by atoms with Crippen LogP contribution in [0.1, 0.15) is 22.3 Å². The van der Waals surface area contributed by atoms with E-state index in [0.717, 1.165) is 110 Å². The van der Waals surface area contributed by atoms with Crippen molar-refractivity contribution in [2.75, 3.05) is 0 Å². The Morgan fingerprint density at radius 2 is 0.465 bits per heavy atom. The molecule has 0 amide bonds. The summed E-state index contributed by atoms with van der Waals surface area (Å²) >= 11 is 0. The first kappa shape index (κ1) is 89.8. The van der Waals surface area contributed by atoms with Crippen LogP contribution in [0, 0.1) is 58.5 Å². The maximum atomic E-state index is 9.98. The van der Waals surface area contributed by atoms with Crippen molar-refractivity contribution in [3.05, 3.63) is 573 Å². The second-order valence-corrected chi connectivity index (χ2v) is 47.3. The summed E-state index contributed by atoms with van der Waals surface area (Å²) in [5, 5.41) is 60.7. The maximum absolute atomic E-state index is 9.98. The van der Waals surface area contributed by atoms with Crippen molar-refractivity contribution in [2.24, 2.45) is 0 Å². The molecule has 0 aliphatic carbocycles. The van der Waals surface area contributed by atoms with Gasteiger partial charge < -0.3 is 13.7 Å². The van der Waals surface area contributed by atoms with Crippen molar-refractivity contribution < 1.29 is 0 Å². The van der Waals surface area contributed by atoms with Crippen LogP contribution >= 0.6 is 0 Å². The van der Waals surface area contributed by atoms with E-state index in [1.165, 1.54) is 67.8 Å². The van der Waals surface area contributed by atoms with E-state index in [4.69, 9.17) is 13.1 Å². The van der Waals surface area contributed by atoms with Crippen LogP contribution in [-0.2, 0) is 0 Å². The molecule has 0 N–H and O–H groups in total. The molecule has 3 aromatic heterocycles. The van der Waals surface area contributed by atoms with Crippen molar-refractivity contribution in [3.63, 3.8) is 0 Å². The third kappa shape index (κ3) is 16.1. The van der Waals surface area contributed by atoms with Crippen molar-refractivity contribution in [3.8, 4) is 74.7 Å². The zero-order chi connectivity index (χ0) is 97.5. The standard InChI is InChI=1S/3C44H29N3Si/c1-45-34-21-28-40(29-22-34)48(37-11-5-3-6-12-37,38-13-7-4-8-14-38)39-26-19-33(20-27-39)32-17-24-36(25-18-32)47-43-16-10-9-15-41(43)42-31-35(46-2)23-30-44(42)47;45-30-32-12-11-17-38(28-32)48(36-13-3-1-4-14-36,37-15-5-2-6-16-37)44-21-10-8-18-39(44)34-23-25-35(26-24-34)47-42-20-9-7-19-40(42)41-29-33(31-46)22-27-43(41)47;45-30-32-11-9-18-40(27-32)48(37-14-3-1-4-15-37,38-16-5-2-6-17-38)39-24-22-34(23-25-39)35-12-10-13-36(29-35)47-43-20-8-7-19-41(43)42-28-33(31-46)21-26-44(42)47/h3-31H;2*1-29H. The molecule has 24 aromatic rings. The highest BCUT2D eigenvalue weighted by atomic mass is 28.3. The lowest BCUT2D eigenvalue weighted by atomic mass is 10.1. The predicted molar refractivity (Wildman–Crippen MR) is 601 cm³/mol. The van der Waals surface area contributed by atoms with Gasteiger partial charge in [-0.2, -0.15) is 21.0 Å². The first-order chi connectivity index (χ1) is 71.1. The lowest BCUT2D eigenvalue weighted by Gasteiger charge is -2.36. The van der Waals surface area contributed by atoms with E-state index < -0.39 is 24.2 Å². The summed E-state index contributed by atoms with van der Waals surface area (Å²) in [5.74, 6) is 0. The van der Waals surface area contributed by atoms with Gasteiger partial charge in [-0.3, -0.25) is 0 Å². The molecule has 0 aliphatic rings. The lowest BCUT2D eigenvalue weighted by Crippen LogP contribution is -2.75. The normalized spacial score (nSPS) is 11.3. The summed E-state index contributed by atoms with van der Waals surface area (Å²) in [6.07, 6.45) is 0. The molecule has 0 saturated heterocycles. The van der Waals surface area contributed by atoms with Gasteiger partial charge in [0.15, 0.2) is 35.6 Å². The second-order valence-electron chi connectivity index (χ2n) is 35.9. The third-order valence-electron chi connectivity index (χ3n) is 28.2. The Labute approximate surface area is 839 Å². The number of hydrogen-bond acceptors (Lipinski definition) is 4. The Kier molecular flexibility index (Phi) is 24.5. The van der Waals surface area contributed by atoms with E-state index in [1.807, 2.05) is 97.1 Å². The Hall–Kier alpha value is -19.4. The molecular formula is C132H87N9Si3. The first-order valence-electron chi connectivity index (χ1n) is 47.9. The Balaban J connectivity index is 0.000000123. The molecule has 24 rings (SSSR count). The molecule has 12 heteroatoms. The van der Waals surface area contributed by atoms with E-state index >= 15 is 0 Å². The molecule has 21 aromatic carbocycles. The van der Waals surface area contributed by atoms with Gasteiger partial charge >= 0.3 is 0 Å². The van der Waals surface area contributed by atoms with E-state index in [2.05, 4.69) is 478 Å². The van der Waals surface area contributed by atoms with Gasteiger partial charge in [-0.25, -0.2) is 9.69 Å². The summed E-state index contributed by atoms with van der Waals surface area (Å²) in [6.45, 7) is 15.0. The van der Waals surface area contributed by atoms with Gasteiger partial charge in [-0.05, 0) is 228 Å². The summed E-state index contributed by atoms with van der Waals surface area (Å²) in [7, 11) is -8.37. The summed E-state index contributed by atoms with van der Waals surface area (Å²) in [5.41, 5.74) is 20.6. The number of nitrogens with zero attached hydrogens (tertiary/aromatic N) is 9. The molecule has 0 radical (unpaired) electrons. The van der Waals surface area contributed by atoms with Crippen LogP contribution in [-0.4, -0.2) is 37.9 Å². The highest BCUT2D eigenvalue weighted by Gasteiger charge is 2.45. The zero-order valence-electron chi connectivity index (χ0n) is 78.3. The molecule has 9 nitrogen and oxygen atoms in total. The molecule has 0 spiro atoms. The van der Waals surface area contributed by atoms with E-state index in [-0.39, 0.29) is 0 Å². The Morgan fingerprint density at radius 3 is 0.875 bits per heavy atom. The molecule has 0 atom stereocenters. The average molecular weight is 1880 g/mol. The molecule has 0 saturated carbocycles. The number of hydrogen-bond donors (Lipinski definition) is 0. The Morgan fingerprint density at radius 1 is 0.181 bits per heavy atom. The molecule has 0 aliphatic heterocycles. The fraction of sp³-hybridized carbons (Fsp3) is 0. The van der Waals surface area contributed by atoms with Crippen molar-refractivity contribution in [1.29, 1.82) is 21.0 Å². The highest BCUT2D eigenvalue weighted by molar-refractivity contribution is 7.21. The molecular weight excluding hydrogens is 1800 g/mol. The predicted octanol–water partition coefficient (Wildman–Crippen LogP) is 24.1. The van der Waals surface area contributed by atoms with Crippen molar-refractivity contribution in [1.82, 2.24) is 13.7 Å². The average Bonchev–Trinajstić information content (AvgIpc) is 0.879. The molecule has 3 heterocycles. The third-order valence-corrected chi connectivity index (χ3v) is 42.6. The molecule has 672 valence electrons. The summed E-state index contributed by atoms with van der Waals surface area (Å²) in [4.78, 5) is 7.34. The zero-order valence-corrected chi connectivity index (χ0v) is 81.3. The van der Waals surface area contributed by atoms with Crippen LogP contribution in [0.25, 0.3) is 126 Å². The number of para-hydroxylation sites is 3. The number of benzene rings is 21.